The lowest BCUT2D eigenvalue weighted by Crippen LogP contribution is -2.44. The number of hydrogen-bond acceptors (Lipinski definition) is 5. The highest BCUT2D eigenvalue weighted by Crippen LogP contribution is 2.51. The van der Waals surface area contributed by atoms with Gasteiger partial charge in [-0.1, -0.05) is 24.3 Å². The first-order valence-corrected chi connectivity index (χ1v) is 11.4. The standard InChI is InChI=1S/C25H29N7/c1-16-22(20-15-28-30(3)17(20)2)32-21(8-11-27-32)24(29-16)31-12-9-25(10-13-31)14-18-6-4-5-7-19(18)23(25)26/h4-8,11,15,23H,9-10,12-14,26H2,1-3H3/t23-/m1/s1. The smallest absolute Gasteiger partial charge is 0.155 e. The largest absolute Gasteiger partial charge is 0.355 e. The summed E-state index contributed by atoms with van der Waals surface area (Å²) in [5, 5.41) is 9.09. The number of piperidine rings is 1. The Labute approximate surface area is 187 Å². The molecule has 7 heteroatoms. The summed E-state index contributed by atoms with van der Waals surface area (Å²) in [5.74, 6) is 1.02. The number of aromatic nitrogens is 5. The SMILES string of the molecule is Cc1nc(N2CCC3(CC2)Cc2ccccc2[C@H]3N)c2ccnn2c1-c1cnn(C)c1C. The fourth-order valence-electron chi connectivity index (χ4n) is 5.82. The van der Waals surface area contributed by atoms with Gasteiger partial charge in [-0.25, -0.2) is 9.50 Å². The van der Waals surface area contributed by atoms with Crippen LogP contribution in [0.5, 0.6) is 0 Å². The Hall–Kier alpha value is -3.19. The molecule has 1 spiro atoms. The van der Waals surface area contributed by atoms with Crippen molar-refractivity contribution in [3.63, 3.8) is 0 Å². The van der Waals surface area contributed by atoms with Crippen LogP contribution in [0.15, 0.2) is 42.7 Å². The third kappa shape index (κ3) is 2.67. The van der Waals surface area contributed by atoms with Crippen LogP contribution >= 0.6 is 0 Å². The number of benzene rings is 1. The average Bonchev–Trinajstić information content (AvgIpc) is 3.48. The van der Waals surface area contributed by atoms with Gasteiger partial charge in [0.05, 0.1) is 23.8 Å². The van der Waals surface area contributed by atoms with Gasteiger partial charge in [-0.3, -0.25) is 4.68 Å². The monoisotopic (exact) mass is 427 g/mol. The zero-order valence-electron chi connectivity index (χ0n) is 18.9. The van der Waals surface area contributed by atoms with E-state index in [1.165, 1.54) is 11.1 Å². The first kappa shape index (κ1) is 19.5. The van der Waals surface area contributed by atoms with Crippen LogP contribution in [0.4, 0.5) is 5.82 Å². The summed E-state index contributed by atoms with van der Waals surface area (Å²) in [5.41, 5.74) is 14.9. The van der Waals surface area contributed by atoms with Crippen LogP contribution in [-0.4, -0.2) is 37.5 Å². The van der Waals surface area contributed by atoms with Crippen molar-refractivity contribution < 1.29 is 0 Å². The third-order valence-corrected chi connectivity index (χ3v) is 7.84. The van der Waals surface area contributed by atoms with E-state index in [0.29, 0.717) is 0 Å². The molecule has 1 saturated heterocycles. The maximum absolute atomic E-state index is 6.78. The Morgan fingerprint density at radius 2 is 1.84 bits per heavy atom. The van der Waals surface area contributed by atoms with E-state index in [0.717, 1.165) is 66.3 Å². The summed E-state index contributed by atoms with van der Waals surface area (Å²) in [6, 6.07) is 10.9. The van der Waals surface area contributed by atoms with Crippen LogP contribution in [-0.2, 0) is 13.5 Å². The number of nitrogens with two attached hydrogens (primary N) is 1. The maximum Gasteiger partial charge on any atom is 0.155 e. The van der Waals surface area contributed by atoms with Gasteiger partial charge in [-0.15, -0.1) is 0 Å². The highest BCUT2D eigenvalue weighted by atomic mass is 15.3. The van der Waals surface area contributed by atoms with Crippen molar-refractivity contribution in [3.8, 4) is 11.3 Å². The van der Waals surface area contributed by atoms with Crippen molar-refractivity contribution in [2.45, 2.75) is 39.2 Å². The quantitative estimate of drug-likeness (QED) is 0.529. The van der Waals surface area contributed by atoms with Crippen LogP contribution in [0.2, 0.25) is 0 Å². The summed E-state index contributed by atoms with van der Waals surface area (Å²) in [6.45, 7) is 6.07. The lowest BCUT2D eigenvalue weighted by molar-refractivity contribution is 0.187. The van der Waals surface area contributed by atoms with Crippen LogP contribution in [0.25, 0.3) is 16.8 Å². The molecule has 2 N–H and O–H groups in total. The minimum Gasteiger partial charge on any atom is -0.355 e. The second-order valence-corrected chi connectivity index (χ2v) is 9.47. The van der Waals surface area contributed by atoms with E-state index < -0.39 is 0 Å². The van der Waals surface area contributed by atoms with Crippen molar-refractivity contribution in [3.05, 3.63) is 65.2 Å². The summed E-state index contributed by atoms with van der Waals surface area (Å²) in [7, 11) is 1.96. The van der Waals surface area contributed by atoms with Crippen molar-refractivity contribution >= 4 is 11.3 Å². The van der Waals surface area contributed by atoms with E-state index in [9.17, 15) is 0 Å². The van der Waals surface area contributed by atoms with Crippen LogP contribution in [0.3, 0.4) is 0 Å². The molecule has 4 aromatic rings. The van der Waals surface area contributed by atoms with E-state index in [1.54, 1.807) is 0 Å². The van der Waals surface area contributed by atoms with Gasteiger partial charge < -0.3 is 10.6 Å². The van der Waals surface area contributed by atoms with E-state index in [-0.39, 0.29) is 11.5 Å². The van der Waals surface area contributed by atoms with Gasteiger partial charge in [0.25, 0.3) is 0 Å². The number of nitrogens with zero attached hydrogens (tertiary/aromatic N) is 6. The zero-order chi connectivity index (χ0) is 22.0. The summed E-state index contributed by atoms with van der Waals surface area (Å²) >= 11 is 0. The Balaban J connectivity index is 1.34. The molecule has 2 aliphatic rings. The van der Waals surface area contributed by atoms with E-state index in [1.807, 2.05) is 28.6 Å². The van der Waals surface area contributed by atoms with Crippen molar-refractivity contribution in [2.24, 2.45) is 18.2 Å². The third-order valence-electron chi connectivity index (χ3n) is 7.84. The van der Waals surface area contributed by atoms with Gasteiger partial charge in [-0.05, 0) is 55.7 Å². The summed E-state index contributed by atoms with van der Waals surface area (Å²) in [4.78, 5) is 7.52. The molecular weight excluding hydrogens is 398 g/mol. The average molecular weight is 428 g/mol. The molecule has 1 aromatic carbocycles. The first-order chi connectivity index (χ1) is 15.5. The molecule has 1 aliphatic carbocycles. The second kappa shape index (κ2) is 6.90. The molecule has 1 fully saturated rings. The fourth-order valence-corrected chi connectivity index (χ4v) is 5.82. The molecule has 1 atom stereocenters. The molecule has 0 bridgehead atoms. The molecular formula is C25H29N7. The highest BCUT2D eigenvalue weighted by molar-refractivity contribution is 5.76. The summed E-state index contributed by atoms with van der Waals surface area (Å²) in [6.07, 6.45) is 7.01. The van der Waals surface area contributed by atoms with Gasteiger partial charge in [0.15, 0.2) is 5.82 Å². The lowest BCUT2D eigenvalue weighted by Gasteiger charge is -2.42. The van der Waals surface area contributed by atoms with Crippen molar-refractivity contribution in [1.29, 1.82) is 0 Å². The minimum absolute atomic E-state index is 0.126. The second-order valence-electron chi connectivity index (χ2n) is 9.47. The molecule has 32 heavy (non-hydrogen) atoms. The summed E-state index contributed by atoms with van der Waals surface area (Å²) < 4.78 is 3.92. The predicted octanol–water partition coefficient (Wildman–Crippen LogP) is 3.59. The van der Waals surface area contributed by atoms with E-state index in [4.69, 9.17) is 10.7 Å². The Bertz CT molecular complexity index is 1320. The minimum atomic E-state index is 0.126. The van der Waals surface area contributed by atoms with Gasteiger partial charge in [-0.2, -0.15) is 10.2 Å². The topological polar surface area (TPSA) is 77.3 Å². The number of anilines is 1. The molecule has 3 aromatic heterocycles. The van der Waals surface area contributed by atoms with Gasteiger partial charge in [0, 0.05) is 37.4 Å². The number of aryl methyl sites for hydroxylation is 2. The fraction of sp³-hybridized carbons (Fsp3) is 0.400. The van der Waals surface area contributed by atoms with Crippen LogP contribution in [0, 0.1) is 19.3 Å². The molecule has 1 aliphatic heterocycles. The van der Waals surface area contributed by atoms with Crippen molar-refractivity contribution in [2.75, 3.05) is 18.0 Å². The molecule has 0 saturated carbocycles. The Morgan fingerprint density at radius 1 is 1.06 bits per heavy atom. The van der Waals surface area contributed by atoms with Gasteiger partial charge in [0.1, 0.15) is 5.52 Å². The molecule has 7 nitrogen and oxygen atoms in total. The molecule has 6 rings (SSSR count). The zero-order valence-corrected chi connectivity index (χ0v) is 18.9. The molecule has 0 unspecified atom stereocenters. The molecule has 4 heterocycles. The van der Waals surface area contributed by atoms with Crippen LogP contribution < -0.4 is 10.6 Å². The first-order valence-electron chi connectivity index (χ1n) is 11.4. The maximum atomic E-state index is 6.78. The van der Waals surface area contributed by atoms with Crippen LogP contribution in [0.1, 0.15) is 41.4 Å². The lowest BCUT2D eigenvalue weighted by atomic mass is 9.73. The van der Waals surface area contributed by atoms with Gasteiger partial charge >= 0.3 is 0 Å². The molecule has 164 valence electrons. The predicted molar refractivity (Wildman–Crippen MR) is 126 cm³/mol. The highest BCUT2D eigenvalue weighted by Gasteiger charge is 2.46. The Kier molecular flexibility index (Phi) is 4.21. The van der Waals surface area contributed by atoms with Gasteiger partial charge in [0.2, 0.25) is 0 Å². The Morgan fingerprint density at radius 3 is 2.56 bits per heavy atom. The molecule has 0 radical (unpaired) electrons. The van der Waals surface area contributed by atoms with Crippen molar-refractivity contribution in [1.82, 2.24) is 24.4 Å². The number of fused-ring (bicyclic) bond motifs is 2. The van der Waals surface area contributed by atoms with E-state index >= 15 is 0 Å². The van der Waals surface area contributed by atoms with E-state index in [2.05, 4.69) is 59.3 Å². The number of hydrogen-bond donors (Lipinski definition) is 1. The number of rotatable bonds is 2. The molecule has 0 amide bonds. The normalized spacial score (nSPS) is 19.8.